The van der Waals surface area contributed by atoms with Gasteiger partial charge in [-0.05, 0) is 92.7 Å². The van der Waals surface area contributed by atoms with Gasteiger partial charge in [-0.1, -0.05) is 127 Å². The van der Waals surface area contributed by atoms with Gasteiger partial charge in [-0.3, -0.25) is 0 Å². The molecule has 0 fully saturated rings. The molecule has 1 heteroatoms. The number of nitrogens with zero attached hydrogens (tertiary/aromatic N) is 1. The van der Waals surface area contributed by atoms with Crippen LogP contribution in [0.2, 0.25) is 0 Å². The third-order valence-electron chi connectivity index (χ3n) is 7.65. The van der Waals surface area contributed by atoms with E-state index in [1.54, 1.807) is 0 Å². The lowest BCUT2D eigenvalue weighted by molar-refractivity contribution is 1.28. The van der Waals surface area contributed by atoms with Crippen molar-refractivity contribution in [2.75, 3.05) is 4.90 Å². The molecular weight excluding hydrogens is 494 g/mol. The molecule has 0 unspecified atom stereocenters. The molecule has 7 rings (SSSR count). The Labute approximate surface area is 241 Å². The predicted molar refractivity (Wildman–Crippen MR) is 175 cm³/mol. The Hall–Kier alpha value is -5.40. The topological polar surface area (TPSA) is 3.24 Å². The van der Waals surface area contributed by atoms with E-state index < -0.39 is 0 Å². The van der Waals surface area contributed by atoms with Crippen molar-refractivity contribution in [3.05, 3.63) is 176 Å². The van der Waals surface area contributed by atoms with Crippen molar-refractivity contribution < 1.29 is 0 Å². The molecule has 194 valence electrons. The molecule has 7 aromatic carbocycles. The molecule has 0 heterocycles. The average molecular weight is 524 g/mol. The molecule has 0 spiro atoms. The second-order valence-electron chi connectivity index (χ2n) is 10.2. The Morgan fingerprint density at radius 3 is 1.44 bits per heavy atom. The molecule has 41 heavy (non-hydrogen) atoms. The van der Waals surface area contributed by atoms with Crippen LogP contribution in [-0.4, -0.2) is 0 Å². The molecular formula is C40H29N. The molecule has 0 saturated carbocycles. The monoisotopic (exact) mass is 523 g/mol. The van der Waals surface area contributed by atoms with Gasteiger partial charge in [0.2, 0.25) is 0 Å². The summed E-state index contributed by atoms with van der Waals surface area (Å²) in [7, 11) is 0. The molecule has 0 bridgehead atoms. The fraction of sp³-hybridized carbons (Fsp3) is 0. The van der Waals surface area contributed by atoms with Crippen LogP contribution < -0.4 is 4.90 Å². The number of fused-ring (bicyclic) bond motifs is 1. The minimum atomic E-state index is 1.13. The molecule has 0 saturated heterocycles. The molecule has 0 N–H and O–H groups in total. The highest BCUT2D eigenvalue weighted by molar-refractivity contribution is 5.93. The first-order valence-electron chi connectivity index (χ1n) is 14.0. The highest BCUT2D eigenvalue weighted by Crippen LogP contribution is 2.39. The Morgan fingerprint density at radius 2 is 0.780 bits per heavy atom. The van der Waals surface area contributed by atoms with Crippen LogP contribution in [0.5, 0.6) is 0 Å². The van der Waals surface area contributed by atoms with Crippen LogP contribution >= 0.6 is 0 Å². The normalized spacial score (nSPS) is 10.9. The summed E-state index contributed by atoms with van der Waals surface area (Å²) in [5, 5.41) is 2.51. The van der Waals surface area contributed by atoms with Crippen LogP contribution in [-0.2, 0) is 0 Å². The van der Waals surface area contributed by atoms with Crippen molar-refractivity contribution in [3.63, 3.8) is 0 Å². The van der Waals surface area contributed by atoms with Gasteiger partial charge in [-0.15, -0.1) is 0 Å². The van der Waals surface area contributed by atoms with Crippen molar-refractivity contribution in [1.82, 2.24) is 0 Å². The Kier molecular flexibility index (Phi) is 6.61. The zero-order valence-corrected chi connectivity index (χ0v) is 22.7. The molecule has 0 radical (unpaired) electrons. The van der Waals surface area contributed by atoms with Crippen LogP contribution in [0.4, 0.5) is 17.1 Å². The van der Waals surface area contributed by atoms with Crippen LogP contribution in [0, 0.1) is 0 Å². The van der Waals surface area contributed by atoms with E-state index in [0.29, 0.717) is 0 Å². The Bertz CT molecular complexity index is 1870. The third-order valence-corrected chi connectivity index (χ3v) is 7.65. The summed E-state index contributed by atoms with van der Waals surface area (Å²) in [4.78, 5) is 2.29. The summed E-state index contributed by atoms with van der Waals surface area (Å²) in [6.07, 6.45) is 0. The number of para-hydroxylation sites is 2. The van der Waals surface area contributed by atoms with Gasteiger partial charge in [0.15, 0.2) is 0 Å². The van der Waals surface area contributed by atoms with Crippen molar-refractivity contribution >= 4 is 27.8 Å². The summed E-state index contributed by atoms with van der Waals surface area (Å²) in [5.74, 6) is 0. The van der Waals surface area contributed by atoms with E-state index >= 15 is 0 Å². The molecule has 0 aliphatic rings. The van der Waals surface area contributed by atoms with E-state index in [1.807, 2.05) is 0 Å². The first-order valence-corrected chi connectivity index (χ1v) is 14.0. The zero-order valence-electron chi connectivity index (χ0n) is 22.7. The lowest BCUT2D eigenvalue weighted by Gasteiger charge is -2.25. The van der Waals surface area contributed by atoms with Gasteiger partial charge < -0.3 is 4.90 Å². The maximum atomic E-state index is 2.33. The molecule has 1 nitrogen and oxygen atoms in total. The van der Waals surface area contributed by atoms with Crippen molar-refractivity contribution in [2.24, 2.45) is 0 Å². The standard InChI is InChI=1S/C40H29N/c1-4-13-32(14-5-1)40-29-34(24-27-39(40)35-21-20-30-12-10-11-15-33(30)28-35)31-22-25-38(26-23-31)41(36-16-6-2-7-17-36)37-18-8-3-9-19-37/h1-29H. The summed E-state index contributed by atoms with van der Waals surface area (Å²) < 4.78 is 0. The molecule has 0 amide bonds. The van der Waals surface area contributed by atoms with E-state index in [-0.39, 0.29) is 0 Å². The van der Waals surface area contributed by atoms with Gasteiger partial charge in [0.25, 0.3) is 0 Å². The van der Waals surface area contributed by atoms with E-state index in [1.165, 1.54) is 44.2 Å². The number of anilines is 3. The summed E-state index contributed by atoms with van der Waals surface area (Å²) >= 11 is 0. The lowest BCUT2D eigenvalue weighted by atomic mass is 9.90. The molecule has 0 aliphatic heterocycles. The summed E-state index contributed by atoms with van der Waals surface area (Å²) in [6.45, 7) is 0. The molecule has 0 aromatic heterocycles. The Balaban J connectivity index is 1.30. The van der Waals surface area contributed by atoms with Crippen molar-refractivity contribution in [1.29, 1.82) is 0 Å². The van der Waals surface area contributed by atoms with Crippen LogP contribution in [0.15, 0.2) is 176 Å². The van der Waals surface area contributed by atoms with Crippen LogP contribution in [0.1, 0.15) is 0 Å². The maximum absolute atomic E-state index is 2.33. The molecule has 0 aliphatic carbocycles. The van der Waals surface area contributed by atoms with Gasteiger partial charge in [-0.25, -0.2) is 0 Å². The van der Waals surface area contributed by atoms with Gasteiger partial charge in [-0.2, -0.15) is 0 Å². The van der Waals surface area contributed by atoms with Crippen LogP contribution in [0.25, 0.3) is 44.2 Å². The van der Waals surface area contributed by atoms with E-state index in [4.69, 9.17) is 0 Å². The lowest BCUT2D eigenvalue weighted by Crippen LogP contribution is -2.09. The SMILES string of the molecule is c1ccc(-c2cc(-c3ccc(N(c4ccccc4)c4ccccc4)cc3)ccc2-c2ccc3ccccc3c2)cc1. The smallest absolute Gasteiger partial charge is 0.0462 e. The first kappa shape index (κ1) is 24.6. The van der Waals surface area contributed by atoms with Gasteiger partial charge in [0, 0.05) is 17.1 Å². The van der Waals surface area contributed by atoms with Crippen LogP contribution in [0.3, 0.4) is 0 Å². The second-order valence-corrected chi connectivity index (χ2v) is 10.2. The minimum Gasteiger partial charge on any atom is -0.311 e. The Morgan fingerprint density at radius 1 is 0.268 bits per heavy atom. The highest BCUT2D eigenvalue weighted by atomic mass is 15.1. The minimum absolute atomic E-state index is 1.13. The fourth-order valence-corrected chi connectivity index (χ4v) is 5.59. The number of rotatable bonds is 6. The number of benzene rings is 7. The maximum Gasteiger partial charge on any atom is 0.0462 e. The third kappa shape index (κ3) is 5.02. The quantitative estimate of drug-likeness (QED) is 0.209. The highest BCUT2D eigenvalue weighted by Gasteiger charge is 2.14. The largest absolute Gasteiger partial charge is 0.311 e. The van der Waals surface area contributed by atoms with Gasteiger partial charge in [0.05, 0.1) is 0 Å². The molecule has 0 atom stereocenters. The number of hydrogen-bond acceptors (Lipinski definition) is 1. The van der Waals surface area contributed by atoms with Gasteiger partial charge in [0.1, 0.15) is 0 Å². The van der Waals surface area contributed by atoms with E-state index in [0.717, 1.165) is 17.1 Å². The summed E-state index contributed by atoms with van der Waals surface area (Å²) in [5.41, 5.74) is 10.7. The van der Waals surface area contributed by atoms with Crippen molar-refractivity contribution in [3.8, 4) is 33.4 Å². The second kappa shape index (κ2) is 11.0. The van der Waals surface area contributed by atoms with Gasteiger partial charge >= 0.3 is 0 Å². The fourth-order valence-electron chi connectivity index (χ4n) is 5.59. The summed E-state index contributed by atoms with van der Waals surface area (Å²) in [6, 6.07) is 62.8. The zero-order chi connectivity index (χ0) is 27.4. The average Bonchev–Trinajstić information content (AvgIpc) is 3.06. The van der Waals surface area contributed by atoms with Crippen molar-refractivity contribution in [2.45, 2.75) is 0 Å². The first-order chi connectivity index (χ1) is 20.3. The number of hydrogen-bond donors (Lipinski definition) is 0. The molecule has 7 aromatic rings. The van der Waals surface area contributed by atoms with E-state index in [2.05, 4.69) is 181 Å². The predicted octanol–water partition coefficient (Wildman–Crippen LogP) is 11.3. The van der Waals surface area contributed by atoms with E-state index in [9.17, 15) is 0 Å².